The van der Waals surface area contributed by atoms with E-state index in [-0.39, 0.29) is 30.0 Å². The number of rotatable bonds is 5. The molecule has 0 radical (unpaired) electrons. The van der Waals surface area contributed by atoms with Crippen LogP contribution in [-0.4, -0.2) is 34.8 Å². The van der Waals surface area contributed by atoms with Crippen molar-refractivity contribution in [3.8, 4) is 11.8 Å². The number of hydrogen-bond donors (Lipinski definition) is 1. The molecular formula is C19H14F6N4O3. The lowest BCUT2D eigenvalue weighted by Crippen LogP contribution is -2.44. The van der Waals surface area contributed by atoms with E-state index in [0.29, 0.717) is 12.1 Å². The first kappa shape index (κ1) is 23.3. The van der Waals surface area contributed by atoms with E-state index in [1.807, 2.05) is 0 Å². The summed E-state index contributed by atoms with van der Waals surface area (Å²) in [4.78, 5) is 13.4. The minimum atomic E-state index is -5.11. The normalized spacial score (nSPS) is 21.2. The smallest absolute Gasteiger partial charge is 0.423 e. The van der Waals surface area contributed by atoms with E-state index in [9.17, 15) is 36.5 Å². The average molecular weight is 460 g/mol. The van der Waals surface area contributed by atoms with Crippen LogP contribution in [0.3, 0.4) is 0 Å². The molecule has 1 N–H and O–H groups in total. The van der Waals surface area contributed by atoms with Crippen molar-refractivity contribution in [2.24, 2.45) is 0 Å². The second-order valence-corrected chi connectivity index (χ2v) is 7.06. The van der Waals surface area contributed by atoms with Crippen LogP contribution in [0, 0.1) is 21.4 Å². The minimum Gasteiger partial charge on any atom is -0.490 e. The molecule has 13 heteroatoms. The molecular weight excluding hydrogens is 446 g/mol. The van der Waals surface area contributed by atoms with Gasteiger partial charge in [0, 0.05) is 18.0 Å². The largest absolute Gasteiger partial charge is 0.490 e. The summed E-state index contributed by atoms with van der Waals surface area (Å²) in [6.07, 6.45) is -8.89. The first-order valence-corrected chi connectivity index (χ1v) is 9.07. The Bertz CT molecular complexity index is 1030. The number of nitro groups is 1. The molecule has 32 heavy (non-hydrogen) atoms. The third kappa shape index (κ3) is 5.08. The molecule has 0 aliphatic carbocycles. The van der Waals surface area contributed by atoms with Crippen molar-refractivity contribution in [3.63, 3.8) is 0 Å². The predicted octanol–water partition coefficient (Wildman–Crippen LogP) is 4.34. The number of hydrogen-bond acceptors (Lipinski definition) is 6. The second-order valence-electron chi connectivity index (χ2n) is 7.06. The standard InChI is InChI=1S/C19H14F6N4O3/c20-18(21,22)15-5-10(1-4-16(15)29(30)31)14-6-12(28-17(14)19(23,24)25)9-32-13-3-2-11(7-26)27-8-13/h1-5,8,12,14,17,28H,6,9H2/t12-,14?,17+/m0/s1. The molecule has 0 saturated carbocycles. The first-order chi connectivity index (χ1) is 14.9. The Morgan fingerprint density at radius 3 is 2.47 bits per heavy atom. The van der Waals surface area contributed by atoms with Gasteiger partial charge >= 0.3 is 12.4 Å². The van der Waals surface area contributed by atoms with Gasteiger partial charge in [-0.3, -0.25) is 15.4 Å². The van der Waals surface area contributed by atoms with Crippen molar-refractivity contribution in [2.75, 3.05) is 6.61 Å². The van der Waals surface area contributed by atoms with Gasteiger partial charge in [-0.1, -0.05) is 6.07 Å². The van der Waals surface area contributed by atoms with Crippen molar-refractivity contribution >= 4 is 5.69 Å². The maximum atomic E-state index is 13.6. The molecule has 0 bridgehead atoms. The van der Waals surface area contributed by atoms with Crippen LogP contribution in [0.25, 0.3) is 0 Å². The van der Waals surface area contributed by atoms with Gasteiger partial charge in [0.2, 0.25) is 0 Å². The van der Waals surface area contributed by atoms with Crippen LogP contribution in [0.2, 0.25) is 0 Å². The zero-order valence-corrected chi connectivity index (χ0v) is 15.9. The summed E-state index contributed by atoms with van der Waals surface area (Å²) in [5, 5.41) is 22.0. The third-order valence-electron chi connectivity index (χ3n) is 4.96. The van der Waals surface area contributed by atoms with E-state index in [1.165, 1.54) is 18.3 Å². The zero-order chi connectivity index (χ0) is 23.7. The van der Waals surface area contributed by atoms with E-state index in [2.05, 4.69) is 10.3 Å². The highest BCUT2D eigenvalue weighted by Gasteiger charge is 2.51. The van der Waals surface area contributed by atoms with Gasteiger partial charge in [-0.15, -0.1) is 0 Å². The lowest BCUT2D eigenvalue weighted by molar-refractivity contribution is -0.388. The fraction of sp³-hybridized carbons (Fsp3) is 0.368. The molecule has 2 aromatic rings. The van der Waals surface area contributed by atoms with Crippen LogP contribution in [0.1, 0.15) is 29.2 Å². The van der Waals surface area contributed by atoms with Crippen molar-refractivity contribution < 1.29 is 36.0 Å². The van der Waals surface area contributed by atoms with Gasteiger partial charge in [-0.2, -0.15) is 31.6 Å². The number of nitro benzene ring substituents is 1. The molecule has 1 aliphatic heterocycles. The van der Waals surface area contributed by atoms with Gasteiger partial charge in [0.25, 0.3) is 5.69 Å². The van der Waals surface area contributed by atoms with Crippen LogP contribution in [0.5, 0.6) is 5.75 Å². The molecule has 1 aliphatic rings. The number of nitriles is 1. The van der Waals surface area contributed by atoms with E-state index < -0.39 is 46.5 Å². The predicted molar refractivity (Wildman–Crippen MR) is 96.7 cm³/mol. The van der Waals surface area contributed by atoms with Crippen molar-refractivity contribution in [1.82, 2.24) is 10.3 Å². The molecule has 1 fully saturated rings. The maximum Gasteiger partial charge on any atom is 0.423 e. The Morgan fingerprint density at radius 2 is 1.94 bits per heavy atom. The number of benzene rings is 1. The minimum absolute atomic E-state index is 0.118. The van der Waals surface area contributed by atoms with E-state index >= 15 is 0 Å². The van der Waals surface area contributed by atoms with E-state index in [1.54, 1.807) is 6.07 Å². The zero-order valence-electron chi connectivity index (χ0n) is 15.9. The second kappa shape index (κ2) is 8.62. The molecule has 7 nitrogen and oxygen atoms in total. The molecule has 0 amide bonds. The molecule has 0 spiro atoms. The SMILES string of the molecule is N#Cc1ccc(OC[C@@H]2CC(c3ccc([N+](=O)[O-])c(C(F)(F)F)c3)[C@H](C(F)(F)F)N2)cn1. The van der Waals surface area contributed by atoms with Crippen molar-refractivity contribution in [3.05, 3.63) is 63.5 Å². The molecule has 1 saturated heterocycles. The van der Waals surface area contributed by atoms with Crippen LogP contribution < -0.4 is 10.1 Å². The monoisotopic (exact) mass is 460 g/mol. The summed E-state index contributed by atoms with van der Waals surface area (Å²) in [7, 11) is 0. The quantitative estimate of drug-likeness (QED) is 0.405. The van der Waals surface area contributed by atoms with Crippen LogP contribution in [-0.2, 0) is 6.18 Å². The summed E-state index contributed by atoms with van der Waals surface area (Å²) in [5.74, 6) is -1.21. The lowest BCUT2D eigenvalue weighted by Gasteiger charge is -2.23. The summed E-state index contributed by atoms with van der Waals surface area (Å²) in [6.45, 7) is -0.240. The van der Waals surface area contributed by atoms with Crippen LogP contribution in [0.4, 0.5) is 32.0 Å². The van der Waals surface area contributed by atoms with E-state index in [0.717, 1.165) is 6.07 Å². The average Bonchev–Trinajstić information content (AvgIpc) is 3.16. The van der Waals surface area contributed by atoms with Gasteiger partial charge in [-0.05, 0) is 30.2 Å². The van der Waals surface area contributed by atoms with Crippen LogP contribution in [0.15, 0.2) is 36.5 Å². The number of nitrogens with zero attached hydrogens (tertiary/aromatic N) is 3. The molecule has 3 atom stereocenters. The van der Waals surface area contributed by atoms with Crippen molar-refractivity contribution in [2.45, 2.75) is 36.8 Å². The Labute approximate surface area is 176 Å². The topological polar surface area (TPSA) is 101 Å². The van der Waals surface area contributed by atoms with Gasteiger partial charge in [0.05, 0.1) is 11.1 Å². The Kier molecular flexibility index (Phi) is 6.27. The fourth-order valence-electron chi connectivity index (χ4n) is 3.55. The summed E-state index contributed by atoms with van der Waals surface area (Å²) in [6, 6.07) is 3.40. The highest BCUT2D eigenvalue weighted by atomic mass is 19.4. The molecule has 170 valence electrons. The summed E-state index contributed by atoms with van der Waals surface area (Å²) < 4.78 is 85.9. The number of aromatic nitrogens is 1. The van der Waals surface area contributed by atoms with Crippen LogP contribution >= 0.6 is 0 Å². The summed E-state index contributed by atoms with van der Waals surface area (Å²) in [5.41, 5.74) is -3.04. The number of pyridine rings is 1. The molecule has 1 unspecified atom stereocenters. The maximum absolute atomic E-state index is 13.6. The Morgan fingerprint density at radius 1 is 1.22 bits per heavy atom. The van der Waals surface area contributed by atoms with E-state index in [4.69, 9.17) is 10.00 Å². The number of halogens is 6. The molecule has 3 rings (SSSR count). The highest BCUT2D eigenvalue weighted by molar-refractivity contribution is 5.46. The molecule has 1 aromatic carbocycles. The van der Waals surface area contributed by atoms with Gasteiger partial charge in [0.15, 0.2) is 0 Å². The number of ether oxygens (including phenoxy) is 1. The number of alkyl halides is 6. The molecule has 1 aromatic heterocycles. The van der Waals surface area contributed by atoms with Crippen molar-refractivity contribution in [1.29, 1.82) is 5.26 Å². The fourth-order valence-corrected chi connectivity index (χ4v) is 3.55. The van der Waals surface area contributed by atoms with Gasteiger partial charge < -0.3 is 4.74 Å². The highest BCUT2D eigenvalue weighted by Crippen LogP contribution is 2.43. The van der Waals surface area contributed by atoms with Gasteiger partial charge in [0.1, 0.15) is 35.7 Å². The number of nitrogens with one attached hydrogen (secondary N) is 1. The lowest BCUT2D eigenvalue weighted by atomic mass is 9.89. The molecule has 2 heterocycles. The summed E-state index contributed by atoms with van der Waals surface area (Å²) >= 11 is 0. The third-order valence-corrected chi connectivity index (χ3v) is 4.96. The Hall–Kier alpha value is -3.40. The van der Waals surface area contributed by atoms with Gasteiger partial charge in [-0.25, -0.2) is 4.98 Å². The first-order valence-electron chi connectivity index (χ1n) is 9.07. The Balaban J connectivity index is 1.84.